The highest BCUT2D eigenvalue weighted by molar-refractivity contribution is 5.95. The first-order chi connectivity index (χ1) is 7.29. The molecule has 0 aromatic heterocycles. The second-order valence-electron chi connectivity index (χ2n) is 3.56. The molecule has 1 aromatic rings. The first-order valence-electron chi connectivity index (χ1n) is 5.05. The van der Waals surface area contributed by atoms with Crippen molar-refractivity contribution in [3.05, 3.63) is 23.8 Å². The summed E-state index contributed by atoms with van der Waals surface area (Å²) in [4.78, 5) is 11.1. The Morgan fingerprint density at radius 1 is 1.47 bits per heavy atom. The molecule has 0 bridgehead atoms. The van der Waals surface area contributed by atoms with Gasteiger partial charge >= 0.3 is 0 Å². The fourth-order valence-electron chi connectivity index (χ4n) is 1.59. The Morgan fingerprint density at radius 3 is 3.13 bits per heavy atom. The molecule has 0 saturated heterocycles. The molecule has 0 radical (unpaired) electrons. The number of carbonyl (C=O) groups excluding carboxylic acids is 1. The smallest absolute Gasteiger partial charge is 0.262 e. The van der Waals surface area contributed by atoms with Crippen LogP contribution in [0, 0.1) is 0 Å². The average molecular weight is 206 g/mol. The molecule has 4 nitrogen and oxygen atoms in total. The van der Waals surface area contributed by atoms with Crippen molar-refractivity contribution < 1.29 is 9.53 Å². The molecule has 15 heavy (non-hydrogen) atoms. The van der Waals surface area contributed by atoms with Gasteiger partial charge in [-0.15, -0.1) is 0 Å². The van der Waals surface area contributed by atoms with Crippen LogP contribution < -0.4 is 15.8 Å². The zero-order chi connectivity index (χ0) is 10.7. The largest absolute Gasteiger partial charge is 0.482 e. The Kier molecular flexibility index (Phi) is 2.87. The first kappa shape index (κ1) is 9.98. The predicted octanol–water partition coefficient (Wildman–Crippen LogP) is 0.909. The minimum absolute atomic E-state index is 0.0986. The monoisotopic (exact) mass is 206 g/mol. The summed E-state index contributed by atoms with van der Waals surface area (Å²) in [6.07, 6.45) is 1.88. The van der Waals surface area contributed by atoms with E-state index in [2.05, 4.69) is 5.32 Å². The normalized spacial score (nSPS) is 14.1. The first-order valence-corrected chi connectivity index (χ1v) is 5.05. The van der Waals surface area contributed by atoms with Gasteiger partial charge in [0, 0.05) is 0 Å². The lowest BCUT2D eigenvalue weighted by Gasteiger charge is -2.18. The van der Waals surface area contributed by atoms with Crippen molar-refractivity contribution in [1.29, 1.82) is 0 Å². The summed E-state index contributed by atoms with van der Waals surface area (Å²) >= 11 is 0. The summed E-state index contributed by atoms with van der Waals surface area (Å²) < 4.78 is 5.26. The number of rotatable bonds is 3. The third-order valence-corrected chi connectivity index (χ3v) is 2.35. The number of ether oxygens (including phenoxy) is 1. The molecule has 1 amide bonds. The lowest BCUT2D eigenvalue weighted by molar-refractivity contribution is -0.118. The summed E-state index contributed by atoms with van der Waals surface area (Å²) in [7, 11) is 0. The van der Waals surface area contributed by atoms with Crippen LogP contribution in [0.3, 0.4) is 0 Å². The number of aryl methyl sites for hydroxylation is 1. The Balaban J connectivity index is 2.17. The molecular formula is C11H14N2O2. The van der Waals surface area contributed by atoms with Gasteiger partial charge in [0.1, 0.15) is 5.75 Å². The fourth-order valence-corrected chi connectivity index (χ4v) is 1.59. The van der Waals surface area contributed by atoms with Crippen LogP contribution >= 0.6 is 0 Å². The van der Waals surface area contributed by atoms with Crippen LogP contribution in [0.4, 0.5) is 5.69 Å². The van der Waals surface area contributed by atoms with Crippen molar-refractivity contribution in [2.24, 2.45) is 5.73 Å². The van der Waals surface area contributed by atoms with Gasteiger partial charge in [0.25, 0.3) is 5.91 Å². The van der Waals surface area contributed by atoms with Gasteiger partial charge in [0.05, 0.1) is 5.69 Å². The van der Waals surface area contributed by atoms with E-state index in [1.807, 2.05) is 18.2 Å². The number of carbonyl (C=O) groups is 1. The van der Waals surface area contributed by atoms with E-state index in [1.165, 1.54) is 5.56 Å². The Bertz CT molecular complexity index is 377. The standard InChI is InChI=1S/C11H14N2O2/c12-5-1-2-8-3-4-10-9(6-8)13-11(14)7-15-10/h3-4,6H,1-2,5,7,12H2,(H,13,14). The second-order valence-corrected chi connectivity index (χ2v) is 3.56. The SMILES string of the molecule is NCCCc1ccc2c(c1)NC(=O)CO2. The molecule has 0 spiro atoms. The van der Waals surface area contributed by atoms with Crippen molar-refractivity contribution in [3.8, 4) is 5.75 Å². The van der Waals surface area contributed by atoms with Crippen LogP contribution in [0.2, 0.25) is 0 Å². The van der Waals surface area contributed by atoms with E-state index in [0.717, 1.165) is 24.3 Å². The molecule has 1 heterocycles. The molecule has 0 aliphatic carbocycles. The molecule has 2 rings (SSSR count). The number of benzene rings is 1. The van der Waals surface area contributed by atoms with Gasteiger partial charge in [0.15, 0.2) is 6.61 Å². The molecular weight excluding hydrogens is 192 g/mol. The molecule has 80 valence electrons. The van der Waals surface area contributed by atoms with Crippen molar-refractivity contribution in [2.45, 2.75) is 12.8 Å². The van der Waals surface area contributed by atoms with E-state index >= 15 is 0 Å². The van der Waals surface area contributed by atoms with Crippen LogP contribution in [0.15, 0.2) is 18.2 Å². The van der Waals surface area contributed by atoms with Crippen molar-refractivity contribution in [1.82, 2.24) is 0 Å². The van der Waals surface area contributed by atoms with Gasteiger partial charge in [-0.2, -0.15) is 0 Å². The highest BCUT2D eigenvalue weighted by atomic mass is 16.5. The van der Waals surface area contributed by atoms with Crippen molar-refractivity contribution in [2.75, 3.05) is 18.5 Å². The molecule has 0 atom stereocenters. The molecule has 3 N–H and O–H groups in total. The molecule has 1 aromatic carbocycles. The van der Waals surface area contributed by atoms with E-state index in [1.54, 1.807) is 0 Å². The number of nitrogens with two attached hydrogens (primary N) is 1. The van der Waals surface area contributed by atoms with E-state index < -0.39 is 0 Å². The topological polar surface area (TPSA) is 64.3 Å². The van der Waals surface area contributed by atoms with Gasteiger partial charge in [-0.05, 0) is 37.1 Å². The van der Waals surface area contributed by atoms with Gasteiger partial charge in [-0.3, -0.25) is 4.79 Å². The molecule has 0 fully saturated rings. The molecule has 4 heteroatoms. The second kappa shape index (κ2) is 4.31. The fraction of sp³-hybridized carbons (Fsp3) is 0.364. The number of hydrogen-bond acceptors (Lipinski definition) is 3. The molecule has 0 saturated carbocycles. The summed E-state index contributed by atoms with van der Waals surface area (Å²) in [5.41, 5.74) is 7.38. The Hall–Kier alpha value is -1.55. The highest BCUT2D eigenvalue weighted by Gasteiger charge is 2.15. The molecule has 1 aliphatic heterocycles. The molecule has 0 unspecified atom stereocenters. The number of hydrogen-bond donors (Lipinski definition) is 2. The van der Waals surface area contributed by atoms with Crippen molar-refractivity contribution >= 4 is 11.6 Å². The quantitative estimate of drug-likeness (QED) is 0.772. The van der Waals surface area contributed by atoms with Gasteiger partial charge in [-0.25, -0.2) is 0 Å². The molecule has 1 aliphatic rings. The minimum atomic E-state index is -0.0986. The zero-order valence-corrected chi connectivity index (χ0v) is 8.45. The third kappa shape index (κ3) is 2.27. The minimum Gasteiger partial charge on any atom is -0.482 e. The lowest BCUT2D eigenvalue weighted by atomic mass is 10.1. The average Bonchev–Trinajstić information content (AvgIpc) is 2.25. The van der Waals surface area contributed by atoms with E-state index in [4.69, 9.17) is 10.5 Å². The van der Waals surface area contributed by atoms with Crippen LogP contribution in [0.1, 0.15) is 12.0 Å². The van der Waals surface area contributed by atoms with E-state index in [9.17, 15) is 4.79 Å². The van der Waals surface area contributed by atoms with Gasteiger partial charge < -0.3 is 15.8 Å². The maximum atomic E-state index is 11.1. The summed E-state index contributed by atoms with van der Waals surface area (Å²) in [6.45, 7) is 0.787. The maximum absolute atomic E-state index is 11.1. The number of amides is 1. The van der Waals surface area contributed by atoms with Gasteiger partial charge in [-0.1, -0.05) is 6.07 Å². The van der Waals surface area contributed by atoms with Crippen LogP contribution in [0.5, 0.6) is 5.75 Å². The third-order valence-electron chi connectivity index (χ3n) is 2.35. The number of nitrogens with one attached hydrogen (secondary N) is 1. The number of anilines is 1. The zero-order valence-electron chi connectivity index (χ0n) is 8.45. The highest BCUT2D eigenvalue weighted by Crippen LogP contribution is 2.28. The van der Waals surface area contributed by atoms with Crippen LogP contribution in [-0.4, -0.2) is 19.1 Å². The summed E-state index contributed by atoms with van der Waals surface area (Å²) in [5, 5.41) is 2.78. The summed E-state index contributed by atoms with van der Waals surface area (Å²) in [5.74, 6) is 0.643. The van der Waals surface area contributed by atoms with E-state index in [0.29, 0.717) is 6.54 Å². The lowest BCUT2D eigenvalue weighted by Crippen LogP contribution is -2.25. The number of fused-ring (bicyclic) bond motifs is 1. The van der Waals surface area contributed by atoms with Crippen molar-refractivity contribution in [3.63, 3.8) is 0 Å². The summed E-state index contributed by atoms with van der Waals surface area (Å²) in [6, 6.07) is 5.84. The Morgan fingerprint density at radius 2 is 2.33 bits per heavy atom. The van der Waals surface area contributed by atoms with E-state index in [-0.39, 0.29) is 12.5 Å². The van der Waals surface area contributed by atoms with Crippen LogP contribution in [-0.2, 0) is 11.2 Å². The maximum Gasteiger partial charge on any atom is 0.262 e. The van der Waals surface area contributed by atoms with Gasteiger partial charge in [0.2, 0.25) is 0 Å². The predicted molar refractivity (Wildman–Crippen MR) is 57.9 cm³/mol. The Labute approximate surface area is 88.4 Å². The van der Waals surface area contributed by atoms with Crippen LogP contribution in [0.25, 0.3) is 0 Å².